The van der Waals surface area contributed by atoms with Gasteiger partial charge < -0.3 is 20.1 Å². The van der Waals surface area contributed by atoms with E-state index in [-0.39, 0.29) is 12.1 Å². The van der Waals surface area contributed by atoms with Crippen molar-refractivity contribution in [1.29, 1.82) is 5.26 Å². The molecule has 130 valence electrons. The molecule has 0 bridgehead atoms. The Morgan fingerprint density at radius 2 is 2.00 bits per heavy atom. The van der Waals surface area contributed by atoms with Crippen molar-refractivity contribution in [1.82, 2.24) is 10.6 Å². The lowest BCUT2D eigenvalue weighted by molar-refractivity contribution is -0.131. The Labute approximate surface area is 147 Å². The van der Waals surface area contributed by atoms with Crippen LogP contribution >= 0.6 is 11.6 Å². The van der Waals surface area contributed by atoms with Crippen molar-refractivity contribution in [3.05, 3.63) is 46.6 Å². The fourth-order valence-corrected chi connectivity index (χ4v) is 2.06. The fraction of sp³-hybridized carbons (Fsp3) is 0.412. The first-order valence-electron chi connectivity index (χ1n) is 7.70. The number of nitrogens with one attached hydrogen (secondary N) is 2. The molecule has 0 aliphatic carbocycles. The molecule has 0 heterocycles. The summed E-state index contributed by atoms with van der Waals surface area (Å²) >= 11 is 6.03. The number of nitrogens with zero attached hydrogens (tertiary/aromatic N) is 1. The summed E-state index contributed by atoms with van der Waals surface area (Å²) in [6.07, 6.45) is 0.926. The molecular weight excluding hydrogens is 330 g/mol. The largest absolute Gasteiger partial charge is 0.385 e. The van der Waals surface area contributed by atoms with Gasteiger partial charge in [0.15, 0.2) is 6.29 Å². The van der Waals surface area contributed by atoms with E-state index < -0.39 is 12.2 Å². The summed E-state index contributed by atoms with van der Waals surface area (Å²) in [4.78, 5) is 12.0. The number of benzene rings is 1. The molecule has 0 saturated carbocycles. The number of rotatable bonds is 10. The van der Waals surface area contributed by atoms with Crippen LogP contribution in [0.25, 0.3) is 0 Å². The van der Waals surface area contributed by atoms with Gasteiger partial charge in [0.25, 0.3) is 5.91 Å². The third-order valence-corrected chi connectivity index (χ3v) is 3.37. The topological polar surface area (TPSA) is 83.4 Å². The molecule has 1 amide bonds. The van der Waals surface area contributed by atoms with Crippen LogP contribution in [0.5, 0.6) is 0 Å². The molecule has 24 heavy (non-hydrogen) atoms. The monoisotopic (exact) mass is 351 g/mol. The summed E-state index contributed by atoms with van der Waals surface area (Å²) in [5.74, 6) is -0.478. The molecule has 2 N–H and O–H groups in total. The van der Waals surface area contributed by atoms with Crippen molar-refractivity contribution in [2.24, 2.45) is 0 Å². The highest BCUT2D eigenvalue weighted by Crippen LogP contribution is 2.14. The second kappa shape index (κ2) is 11.5. The second-order valence-electron chi connectivity index (χ2n) is 4.69. The van der Waals surface area contributed by atoms with Crippen molar-refractivity contribution in [2.45, 2.75) is 26.7 Å². The van der Waals surface area contributed by atoms with E-state index in [4.69, 9.17) is 26.3 Å². The van der Waals surface area contributed by atoms with Crippen LogP contribution in [-0.2, 0) is 20.8 Å². The highest BCUT2D eigenvalue weighted by Gasteiger charge is 2.11. The highest BCUT2D eigenvalue weighted by molar-refractivity contribution is 6.31. The van der Waals surface area contributed by atoms with Crippen LogP contribution in [0, 0.1) is 11.3 Å². The maximum Gasteiger partial charge on any atom is 0.263 e. The Morgan fingerprint density at radius 3 is 2.58 bits per heavy atom. The van der Waals surface area contributed by atoms with Gasteiger partial charge in [-0.3, -0.25) is 4.79 Å². The van der Waals surface area contributed by atoms with E-state index in [1.54, 1.807) is 6.07 Å². The Kier molecular flexibility index (Phi) is 9.54. The van der Waals surface area contributed by atoms with Gasteiger partial charge in [0.1, 0.15) is 11.6 Å². The molecule has 0 fully saturated rings. The number of carbonyl (C=O) groups excluding carboxylic acids is 1. The molecule has 7 heteroatoms. The minimum Gasteiger partial charge on any atom is -0.385 e. The van der Waals surface area contributed by atoms with E-state index in [1.807, 2.05) is 38.1 Å². The summed E-state index contributed by atoms with van der Waals surface area (Å²) in [6.45, 7) is 5.34. The van der Waals surface area contributed by atoms with Crippen LogP contribution in [0.1, 0.15) is 19.4 Å². The molecule has 0 radical (unpaired) electrons. The van der Waals surface area contributed by atoms with Crippen LogP contribution in [0.3, 0.4) is 0 Å². The van der Waals surface area contributed by atoms with Crippen molar-refractivity contribution >= 4 is 17.5 Å². The maximum absolute atomic E-state index is 12.0. The summed E-state index contributed by atoms with van der Waals surface area (Å²) < 4.78 is 10.7. The molecule has 0 saturated heterocycles. The van der Waals surface area contributed by atoms with Gasteiger partial charge in [-0.05, 0) is 25.5 Å². The number of hydrogen-bond acceptors (Lipinski definition) is 5. The zero-order chi connectivity index (χ0) is 17.8. The number of carbonyl (C=O) groups is 1. The van der Waals surface area contributed by atoms with Gasteiger partial charge in [-0.1, -0.05) is 29.8 Å². The van der Waals surface area contributed by atoms with Crippen LogP contribution in [0.2, 0.25) is 5.02 Å². The van der Waals surface area contributed by atoms with E-state index in [2.05, 4.69) is 10.6 Å². The average Bonchev–Trinajstić information content (AvgIpc) is 2.58. The Bertz CT molecular complexity index is 593. The van der Waals surface area contributed by atoms with Gasteiger partial charge >= 0.3 is 0 Å². The number of hydrogen-bond donors (Lipinski definition) is 2. The van der Waals surface area contributed by atoms with Crippen molar-refractivity contribution in [3.8, 4) is 6.07 Å². The van der Waals surface area contributed by atoms with Crippen LogP contribution in [0.4, 0.5) is 0 Å². The molecule has 0 aliphatic heterocycles. The summed E-state index contributed by atoms with van der Waals surface area (Å²) in [7, 11) is 0. The molecule has 0 spiro atoms. The van der Waals surface area contributed by atoms with Gasteiger partial charge in [-0.2, -0.15) is 5.26 Å². The first-order valence-corrected chi connectivity index (χ1v) is 8.08. The first kappa shape index (κ1) is 20.0. The maximum atomic E-state index is 12.0. The molecule has 6 nitrogen and oxygen atoms in total. The van der Waals surface area contributed by atoms with Crippen LogP contribution < -0.4 is 10.6 Å². The van der Waals surface area contributed by atoms with Gasteiger partial charge in [-0.25, -0.2) is 0 Å². The molecule has 1 aromatic carbocycles. The van der Waals surface area contributed by atoms with Crippen molar-refractivity contribution < 1.29 is 14.3 Å². The number of ether oxygens (including phenoxy) is 2. The zero-order valence-corrected chi connectivity index (χ0v) is 14.6. The molecule has 0 unspecified atom stereocenters. The first-order chi connectivity index (χ1) is 11.6. The minimum atomic E-state index is -0.478. The van der Waals surface area contributed by atoms with Crippen molar-refractivity contribution in [3.63, 3.8) is 0 Å². The third kappa shape index (κ3) is 7.01. The molecule has 0 aromatic heterocycles. The minimum absolute atomic E-state index is 0.0335. The molecule has 0 atom stereocenters. The molecule has 1 rings (SSSR count). The van der Waals surface area contributed by atoms with Gasteiger partial charge in [0, 0.05) is 31.0 Å². The predicted octanol–water partition coefficient (Wildman–Crippen LogP) is 2.35. The standard InChI is InChI=1S/C17H22ClN3O3/c1-3-23-16(24-4-2)12-20-10-14(9-19)17(22)21-11-13-7-5-6-8-15(13)18/h5-8,10,16,20H,3-4,11-12H2,1-2H3,(H,21,22)/b14-10-. The summed E-state index contributed by atoms with van der Waals surface area (Å²) in [5, 5.41) is 15.2. The highest BCUT2D eigenvalue weighted by atomic mass is 35.5. The van der Waals surface area contributed by atoms with E-state index in [0.29, 0.717) is 24.8 Å². The van der Waals surface area contributed by atoms with E-state index in [9.17, 15) is 4.79 Å². The van der Waals surface area contributed by atoms with E-state index in [1.165, 1.54) is 6.20 Å². The lowest BCUT2D eigenvalue weighted by Gasteiger charge is -2.16. The Hall–Kier alpha value is -2.07. The predicted molar refractivity (Wildman–Crippen MR) is 92.0 cm³/mol. The molecule has 1 aromatic rings. The Morgan fingerprint density at radius 1 is 1.33 bits per heavy atom. The Balaban J connectivity index is 2.53. The third-order valence-electron chi connectivity index (χ3n) is 3.00. The number of nitriles is 1. The smallest absolute Gasteiger partial charge is 0.263 e. The lowest BCUT2D eigenvalue weighted by atomic mass is 10.2. The second-order valence-corrected chi connectivity index (χ2v) is 5.10. The molecular formula is C17H22ClN3O3. The van der Waals surface area contributed by atoms with Gasteiger partial charge in [0.05, 0.1) is 6.54 Å². The lowest BCUT2D eigenvalue weighted by Crippen LogP contribution is -2.30. The fourth-order valence-electron chi connectivity index (χ4n) is 1.86. The quantitative estimate of drug-likeness (QED) is 0.384. The van der Waals surface area contributed by atoms with Gasteiger partial charge in [-0.15, -0.1) is 0 Å². The SMILES string of the molecule is CCOC(CN/C=C(/C#N)C(=O)NCc1ccccc1Cl)OCC. The number of amides is 1. The summed E-state index contributed by atoms with van der Waals surface area (Å²) in [6, 6.07) is 9.06. The van der Waals surface area contributed by atoms with Gasteiger partial charge in [0.2, 0.25) is 0 Å². The van der Waals surface area contributed by atoms with E-state index >= 15 is 0 Å². The van der Waals surface area contributed by atoms with Crippen LogP contribution in [-0.4, -0.2) is 32.0 Å². The normalized spacial score (nSPS) is 11.2. The van der Waals surface area contributed by atoms with E-state index in [0.717, 1.165) is 5.56 Å². The average molecular weight is 352 g/mol. The van der Waals surface area contributed by atoms with Crippen molar-refractivity contribution in [2.75, 3.05) is 19.8 Å². The van der Waals surface area contributed by atoms with Crippen LogP contribution in [0.15, 0.2) is 36.0 Å². The molecule has 0 aliphatic rings. The number of halogens is 1. The zero-order valence-electron chi connectivity index (χ0n) is 13.8. The summed E-state index contributed by atoms with van der Waals surface area (Å²) in [5.41, 5.74) is 0.749.